The van der Waals surface area contributed by atoms with Crippen molar-refractivity contribution in [3.8, 4) is 11.5 Å². The summed E-state index contributed by atoms with van der Waals surface area (Å²) in [6, 6.07) is 16.6. The maximum absolute atomic E-state index is 5.38. The Morgan fingerprint density at radius 1 is 1.07 bits per heavy atom. The number of hydrogen-bond acceptors (Lipinski definition) is 3. The lowest BCUT2D eigenvalue weighted by Gasteiger charge is -2.24. The standard InChI is InChI=1S/C22H31N3O2/c1-17(19-9-7-6-8-10-19)16-24-22(23-2)25(3)14-13-18-11-12-20(26-4)21(15-18)27-5/h6-12,15,17H,13-14,16H2,1-5H3,(H,23,24). The van der Waals surface area contributed by atoms with Gasteiger partial charge in [0.05, 0.1) is 14.2 Å². The SMILES string of the molecule is CN=C(NCC(C)c1ccccc1)N(C)CCc1ccc(OC)c(OC)c1. The van der Waals surface area contributed by atoms with E-state index in [2.05, 4.69) is 59.5 Å². The highest BCUT2D eigenvalue weighted by Gasteiger charge is 2.10. The van der Waals surface area contributed by atoms with Crippen molar-refractivity contribution in [2.45, 2.75) is 19.3 Å². The van der Waals surface area contributed by atoms with Crippen LogP contribution in [0.5, 0.6) is 11.5 Å². The van der Waals surface area contributed by atoms with Crippen molar-refractivity contribution in [3.05, 3.63) is 59.7 Å². The Kier molecular flexibility index (Phi) is 7.99. The highest BCUT2D eigenvalue weighted by atomic mass is 16.5. The van der Waals surface area contributed by atoms with Crippen LogP contribution in [-0.4, -0.2) is 52.3 Å². The van der Waals surface area contributed by atoms with E-state index in [-0.39, 0.29) is 0 Å². The molecule has 0 spiro atoms. The molecule has 5 heteroatoms. The van der Waals surface area contributed by atoms with E-state index in [1.54, 1.807) is 14.2 Å². The van der Waals surface area contributed by atoms with Crippen molar-refractivity contribution in [1.29, 1.82) is 0 Å². The third-order valence-electron chi connectivity index (χ3n) is 4.69. The van der Waals surface area contributed by atoms with Crippen molar-refractivity contribution in [2.24, 2.45) is 4.99 Å². The van der Waals surface area contributed by atoms with Gasteiger partial charge in [-0.1, -0.05) is 43.3 Å². The predicted molar refractivity (Wildman–Crippen MR) is 112 cm³/mol. The minimum absolute atomic E-state index is 0.419. The number of rotatable bonds is 8. The van der Waals surface area contributed by atoms with E-state index >= 15 is 0 Å². The summed E-state index contributed by atoms with van der Waals surface area (Å²) in [4.78, 5) is 6.56. The molecule has 0 aliphatic rings. The summed E-state index contributed by atoms with van der Waals surface area (Å²) in [6.07, 6.45) is 0.895. The van der Waals surface area contributed by atoms with Gasteiger partial charge in [0, 0.05) is 27.2 Å². The van der Waals surface area contributed by atoms with Gasteiger partial charge in [-0.15, -0.1) is 0 Å². The topological polar surface area (TPSA) is 46.1 Å². The molecule has 1 N–H and O–H groups in total. The number of methoxy groups -OCH3 is 2. The van der Waals surface area contributed by atoms with Crippen LogP contribution in [-0.2, 0) is 6.42 Å². The molecule has 0 fully saturated rings. The first kappa shape index (κ1) is 20.6. The zero-order chi connectivity index (χ0) is 19.6. The Morgan fingerprint density at radius 2 is 1.78 bits per heavy atom. The highest BCUT2D eigenvalue weighted by molar-refractivity contribution is 5.79. The third-order valence-corrected chi connectivity index (χ3v) is 4.69. The van der Waals surface area contributed by atoms with Crippen LogP contribution in [0.25, 0.3) is 0 Å². The first-order chi connectivity index (χ1) is 13.1. The van der Waals surface area contributed by atoms with Crippen molar-refractivity contribution in [2.75, 3.05) is 41.4 Å². The molecule has 0 bridgehead atoms. The van der Waals surface area contributed by atoms with Gasteiger partial charge < -0.3 is 19.7 Å². The molecule has 5 nitrogen and oxygen atoms in total. The van der Waals surface area contributed by atoms with Crippen LogP contribution >= 0.6 is 0 Å². The zero-order valence-electron chi connectivity index (χ0n) is 17.0. The Bertz CT molecular complexity index is 732. The molecule has 0 radical (unpaired) electrons. The van der Waals surface area contributed by atoms with Crippen LogP contribution in [0.1, 0.15) is 24.0 Å². The summed E-state index contributed by atoms with van der Waals surface area (Å²) in [7, 11) is 7.19. The summed E-state index contributed by atoms with van der Waals surface area (Å²) < 4.78 is 10.7. The number of nitrogens with zero attached hydrogens (tertiary/aromatic N) is 2. The lowest BCUT2D eigenvalue weighted by molar-refractivity contribution is 0.354. The van der Waals surface area contributed by atoms with Crippen LogP contribution in [0.2, 0.25) is 0 Å². The molecule has 0 saturated heterocycles. The summed E-state index contributed by atoms with van der Waals surface area (Å²) in [5, 5.41) is 3.48. The van der Waals surface area contributed by atoms with Crippen molar-refractivity contribution >= 4 is 5.96 Å². The average Bonchev–Trinajstić information content (AvgIpc) is 2.72. The van der Waals surface area contributed by atoms with Crippen LogP contribution in [0.15, 0.2) is 53.5 Å². The number of likely N-dealkylation sites (N-methyl/N-ethyl adjacent to an activating group) is 1. The number of guanidine groups is 1. The molecule has 0 aliphatic carbocycles. The van der Waals surface area contributed by atoms with Gasteiger partial charge in [0.25, 0.3) is 0 Å². The molecule has 1 unspecified atom stereocenters. The molecule has 0 saturated carbocycles. The zero-order valence-corrected chi connectivity index (χ0v) is 17.0. The molecular weight excluding hydrogens is 338 g/mol. The lowest BCUT2D eigenvalue weighted by Crippen LogP contribution is -2.41. The maximum atomic E-state index is 5.38. The van der Waals surface area contributed by atoms with E-state index in [4.69, 9.17) is 9.47 Å². The predicted octanol–water partition coefficient (Wildman–Crippen LogP) is 3.56. The summed E-state index contributed by atoms with van der Waals surface area (Å²) in [5.74, 6) is 2.83. The van der Waals surface area contributed by atoms with Gasteiger partial charge in [0.15, 0.2) is 17.5 Å². The number of hydrogen-bond donors (Lipinski definition) is 1. The van der Waals surface area contributed by atoms with E-state index < -0.39 is 0 Å². The molecule has 0 aromatic heterocycles. The van der Waals surface area contributed by atoms with Crippen LogP contribution in [0.3, 0.4) is 0 Å². The van der Waals surface area contributed by atoms with Crippen molar-refractivity contribution < 1.29 is 9.47 Å². The second-order valence-corrected chi connectivity index (χ2v) is 6.60. The largest absolute Gasteiger partial charge is 0.493 e. The Morgan fingerprint density at radius 3 is 2.41 bits per heavy atom. The first-order valence-corrected chi connectivity index (χ1v) is 9.26. The van der Waals surface area contributed by atoms with E-state index in [0.29, 0.717) is 5.92 Å². The average molecular weight is 370 g/mol. The van der Waals surface area contributed by atoms with E-state index in [0.717, 1.165) is 37.0 Å². The maximum Gasteiger partial charge on any atom is 0.193 e. The van der Waals surface area contributed by atoms with Gasteiger partial charge in [0.1, 0.15) is 0 Å². The highest BCUT2D eigenvalue weighted by Crippen LogP contribution is 2.27. The molecule has 0 amide bonds. The van der Waals surface area contributed by atoms with Gasteiger partial charge in [-0.2, -0.15) is 0 Å². The Labute approximate surface area is 163 Å². The molecule has 1 atom stereocenters. The fraction of sp³-hybridized carbons (Fsp3) is 0.409. The lowest BCUT2D eigenvalue weighted by atomic mass is 10.0. The minimum Gasteiger partial charge on any atom is -0.493 e. The third kappa shape index (κ3) is 5.91. The quantitative estimate of drug-likeness (QED) is 0.571. The smallest absolute Gasteiger partial charge is 0.193 e. The fourth-order valence-electron chi connectivity index (χ4n) is 2.97. The second-order valence-electron chi connectivity index (χ2n) is 6.60. The normalized spacial score (nSPS) is 12.4. The molecule has 146 valence electrons. The van der Waals surface area contributed by atoms with Gasteiger partial charge in [-0.25, -0.2) is 0 Å². The number of ether oxygens (including phenoxy) is 2. The monoisotopic (exact) mass is 369 g/mol. The van der Waals surface area contributed by atoms with Crippen LogP contribution in [0.4, 0.5) is 0 Å². The van der Waals surface area contributed by atoms with Gasteiger partial charge in [0.2, 0.25) is 0 Å². The molecule has 0 aliphatic heterocycles. The molecule has 2 rings (SSSR count). The molecule has 2 aromatic carbocycles. The number of aliphatic imine (C=N–C) groups is 1. The fourth-order valence-corrected chi connectivity index (χ4v) is 2.97. The Balaban J connectivity index is 1.89. The van der Waals surface area contributed by atoms with Gasteiger partial charge in [-0.05, 0) is 35.6 Å². The van der Waals surface area contributed by atoms with Crippen molar-refractivity contribution in [3.63, 3.8) is 0 Å². The van der Waals surface area contributed by atoms with Crippen molar-refractivity contribution in [1.82, 2.24) is 10.2 Å². The van der Waals surface area contributed by atoms with E-state index in [1.807, 2.05) is 25.2 Å². The van der Waals surface area contributed by atoms with Crippen LogP contribution < -0.4 is 14.8 Å². The number of nitrogens with one attached hydrogen (secondary N) is 1. The molecule has 0 heterocycles. The van der Waals surface area contributed by atoms with Gasteiger partial charge in [-0.3, -0.25) is 4.99 Å². The summed E-state index contributed by atoms with van der Waals surface area (Å²) >= 11 is 0. The molecule has 27 heavy (non-hydrogen) atoms. The molecule has 2 aromatic rings. The first-order valence-electron chi connectivity index (χ1n) is 9.26. The van der Waals surface area contributed by atoms with Gasteiger partial charge >= 0.3 is 0 Å². The second kappa shape index (κ2) is 10.5. The van der Waals surface area contributed by atoms with Crippen LogP contribution in [0, 0.1) is 0 Å². The van der Waals surface area contributed by atoms with E-state index in [9.17, 15) is 0 Å². The minimum atomic E-state index is 0.419. The summed E-state index contributed by atoms with van der Waals surface area (Å²) in [5.41, 5.74) is 2.53. The Hall–Kier alpha value is -2.69. The summed E-state index contributed by atoms with van der Waals surface area (Å²) in [6.45, 7) is 3.92. The van der Waals surface area contributed by atoms with E-state index in [1.165, 1.54) is 11.1 Å². The number of benzene rings is 2. The molecular formula is C22H31N3O2.